The summed E-state index contributed by atoms with van der Waals surface area (Å²) in [6, 6.07) is 8.59. The van der Waals surface area contributed by atoms with E-state index in [4.69, 9.17) is 4.42 Å². The van der Waals surface area contributed by atoms with Crippen molar-refractivity contribution in [2.75, 3.05) is 26.2 Å². The molecule has 1 saturated heterocycles. The third kappa shape index (κ3) is 3.22. The molecule has 0 atom stereocenters. The van der Waals surface area contributed by atoms with E-state index in [1.165, 1.54) is 30.5 Å². The second-order valence-electron chi connectivity index (χ2n) is 6.61. The van der Waals surface area contributed by atoms with Crippen LogP contribution < -0.4 is 0 Å². The Kier molecular flexibility index (Phi) is 4.54. The van der Waals surface area contributed by atoms with Gasteiger partial charge in [-0.05, 0) is 36.8 Å². The van der Waals surface area contributed by atoms with E-state index in [1.54, 1.807) is 24.0 Å². The summed E-state index contributed by atoms with van der Waals surface area (Å²) in [6.45, 7) is 3.46. The van der Waals surface area contributed by atoms with E-state index >= 15 is 0 Å². The average molecular weight is 403 g/mol. The predicted octanol–water partition coefficient (Wildman–Crippen LogP) is 2.35. The first-order chi connectivity index (χ1) is 13.4. The fraction of sp³-hybridized carbons (Fsp3) is 0.263. The molecule has 2 aromatic rings. The summed E-state index contributed by atoms with van der Waals surface area (Å²) >= 11 is 0. The Morgan fingerprint density at radius 2 is 1.79 bits per heavy atom. The third-order valence-corrected chi connectivity index (χ3v) is 6.32. The number of carbonyl (C=O) groups is 1. The molecule has 2 aliphatic heterocycles. The van der Waals surface area contributed by atoms with Gasteiger partial charge < -0.3 is 14.2 Å². The summed E-state index contributed by atoms with van der Waals surface area (Å²) in [5, 5.41) is 0. The number of carbonyl (C=O) groups excluding carboxylic acids is 1. The molecule has 9 heteroatoms. The smallest absolute Gasteiger partial charge is 0.289 e. The quantitative estimate of drug-likeness (QED) is 0.769. The van der Waals surface area contributed by atoms with E-state index in [-0.39, 0.29) is 16.6 Å². The summed E-state index contributed by atoms with van der Waals surface area (Å²) in [5.41, 5.74) is 0.932. The molecular formula is C19H18FN3O4S. The molecule has 0 unspecified atom stereocenters. The van der Waals surface area contributed by atoms with Gasteiger partial charge in [0, 0.05) is 31.8 Å². The Balaban J connectivity index is 1.54. The molecule has 1 amide bonds. The molecule has 0 N–H and O–H groups in total. The van der Waals surface area contributed by atoms with Crippen LogP contribution in [0.4, 0.5) is 4.39 Å². The van der Waals surface area contributed by atoms with Crippen molar-refractivity contribution < 1.29 is 22.0 Å². The van der Waals surface area contributed by atoms with Gasteiger partial charge in [0.25, 0.3) is 15.9 Å². The molecule has 1 fully saturated rings. The van der Waals surface area contributed by atoms with E-state index < -0.39 is 15.8 Å². The van der Waals surface area contributed by atoms with Crippen molar-refractivity contribution in [1.29, 1.82) is 0 Å². The van der Waals surface area contributed by atoms with E-state index in [0.717, 1.165) is 0 Å². The van der Waals surface area contributed by atoms with Crippen molar-refractivity contribution in [3.05, 3.63) is 65.4 Å². The normalized spacial score (nSPS) is 19.1. The highest BCUT2D eigenvalue weighted by molar-refractivity contribution is 8.00. The van der Waals surface area contributed by atoms with Crippen LogP contribution in [0.25, 0.3) is 4.91 Å². The van der Waals surface area contributed by atoms with E-state index in [0.29, 0.717) is 43.2 Å². The molecule has 4 rings (SSSR count). The van der Waals surface area contributed by atoms with Crippen molar-refractivity contribution in [3.63, 3.8) is 0 Å². The Labute approximate surface area is 161 Å². The maximum Gasteiger partial charge on any atom is 0.289 e. The molecule has 28 heavy (non-hydrogen) atoms. The molecule has 0 spiro atoms. The SMILES string of the molecule is CC1=C(c2ccc(F)cc2)S(=O)(=O)N=C1N1CCN(C(=O)c2ccco2)CC1. The van der Waals surface area contributed by atoms with Gasteiger partial charge in [-0.2, -0.15) is 8.42 Å². The number of sulfonamides is 1. The lowest BCUT2D eigenvalue weighted by Gasteiger charge is -2.35. The van der Waals surface area contributed by atoms with Gasteiger partial charge in [-0.15, -0.1) is 4.40 Å². The van der Waals surface area contributed by atoms with E-state index in [9.17, 15) is 17.6 Å². The molecule has 0 radical (unpaired) electrons. The molecule has 0 aliphatic carbocycles. The molecule has 146 valence electrons. The lowest BCUT2D eigenvalue weighted by atomic mass is 10.1. The lowest BCUT2D eigenvalue weighted by molar-refractivity contribution is 0.0660. The Hall–Kier alpha value is -2.94. The lowest BCUT2D eigenvalue weighted by Crippen LogP contribution is -2.50. The number of nitrogens with zero attached hydrogens (tertiary/aromatic N) is 3. The maximum atomic E-state index is 13.2. The van der Waals surface area contributed by atoms with Gasteiger partial charge in [-0.25, -0.2) is 4.39 Å². The first-order valence-electron chi connectivity index (χ1n) is 8.77. The van der Waals surface area contributed by atoms with Crippen molar-refractivity contribution in [2.45, 2.75) is 6.92 Å². The number of hydrogen-bond donors (Lipinski definition) is 0. The predicted molar refractivity (Wildman–Crippen MR) is 102 cm³/mol. The third-order valence-electron chi connectivity index (χ3n) is 4.85. The maximum absolute atomic E-state index is 13.2. The van der Waals surface area contributed by atoms with Crippen LogP contribution in [-0.2, 0) is 10.0 Å². The highest BCUT2D eigenvalue weighted by Gasteiger charge is 2.35. The first-order valence-corrected chi connectivity index (χ1v) is 10.2. The first kappa shape index (κ1) is 18.4. The van der Waals surface area contributed by atoms with Gasteiger partial charge in [-0.1, -0.05) is 12.1 Å². The Bertz CT molecular complexity index is 1060. The minimum Gasteiger partial charge on any atom is -0.459 e. The zero-order valence-corrected chi connectivity index (χ0v) is 15.9. The zero-order valence-electron chi connectivity index (χ0n) is 15.1. The summed E-state index contributed by atoms with van der Waals surface area (Å²) in [6.07, 6.45) is 1.45. The van der Waals surface area contributed by atoms with Crippen molar-refractivity contribution in [1.82, 2.24) is 9.80 Å². The van der Waals surface area contributed by atoms with Gasteiger partial charge in [0.2, 0.25) is 0 Å². The number of amides is 1. The van der Waals surface area contributed by atoms with Crippen molar-refractivity contribution in [2.24, 2.45) is 4.40 Å². The van der Waals surface area contributed by atoms with Crippen LogP contribution >= 0.6 is 0 Å². The molecule has 7 nitrogen and oxygen atoms in total. The molecule has 3 heterocycles. The number of rotatable bonds is 2. The number of piperazine rings is 1. The summed E-state index contributed by atoms with van der Waals surface area (Å²) < 4.78 is 47.5. The standard InChI is InChI=1S/C19H18FN3O4S/c1-13-17(14-4-6-15(20)7-5-14)28(25,26)21-18(13)22-8-10-23(11-9-22)19(24)16-3-2-12-27-16/h2-7,12H,8-11H2,1H3. The number of halogens is 1. The molecule has 0 bridgehead atoms. The molecule has 1 aromatic heterocycles. The fourth-order valence-electron chi connectivity index (χ4n) is 3.46. The largest absolute Gasteiger partial charge is 0.459 e. The topological polar surface area (TPSA) is 83.2 Å². The van der Waals surface area contributed by atoms with Gasteiger partial charge >= 0.3 is 0 Å². The van der Waals surface area contributed by atoms with Crippen LogP contribution in [0, 0.1) is 5.82 Å². The Morgan fingerprint density at radius 3 is 2.39 bits per heavy atom. The average Bonchev–Trinajstić information content (AvgIpc) is 3.29. The van der Waals surface area contributed by atoms with Gasteiger partial charge in [0.05, 0.1) is 6.26 Å². The number of benzene rings is 1. The second kappa shape index (κ2) is 6.90. The van der Waals surface area contributed by atoms with Crippen molar-refractivity contribution >= 4 is 26.7 Å². The number of furan rings is 1. The van der Waals surface area contributed by atoms with E-state index in [2.05, 4.69) is 4.40 Å². The number of amidine groups is 1. The summed E-state index contributed by atoms with van der Waals surface area (Å²) in [7, 11) is -3.86. The summed E-state index contributed by atoms with van der Waals surface area (Å²) in [4.78, 5) is 16.0. The fourth-order valence-corrected chi connectivity index (χ4v) is 4.95. The van der Waals surface area contributed by atoms with Gasteiger partial charge in [0.1, 0.15) is 16.6 Å². The van der Waals surface area contributed by atoms with Crippen LogP contribution in [-0.4, -0.2) is 56.1 Å². The zero-order chi connectivity index (χ0) is 19.9. The highest BCUT2D eigenvalue weighted by Crippen LogP contribution is 2.33. The van der Waals surface area contributed by atoms with Crippen LogP contribution in [0.5, 0.6) is 0 Å². The Morgan fingerprint density at radius 1 is 1.11 bits per heavy atom. The minimum atomic E-state index is -3.86. The van der Waals surface area contributed by atoms with Gasteiger partial charge in [-0.3, -0.25) is 4.79 Å². The van der Waals surface area contributed by atoms with Crippen molar-refractivity contribution in [3.8, 4) is 0 Å². The van der Waals surface area contributed by atoms with Crippen LogP contribution in [0.2, 0.25) is 0 Å². The molecule has 2 aliphatic rings. The monoisotopic (exact) mass is 403 g/mol. The molecule has 0 saturated carbocycles. The van der Waals surface area contributed by atoms with E-state index in [1.807, 2.05) is 4.90 Å². The van der Waals surface area contributed by atoms with Crippen LogP contribution in [0.15, 0.2) is 57.0 Å². The summed E-state index contributed by atoms with van der Waals surface area (Å²) in [5.74, 6) is 0.0362. The second-order valence-corrected chi connectivity index (χ2v) is 8.15. The van der Waals surface area contributed by atoms with Crippen LogP contribution in [0.1, 0.15) is 23.0 Å². The van der Waals surface area contributed by atoms with Gasteiger partial charge in [0.15, 0.2) is 5.76 Å². The van der Waals surface area contributed by atoms with Crippen LogP contribution in [0.3, 0.4) is 0 Å². The highest BCUT2D eigenvalue weighted by atomic mass is 32.2. The number of hydrogen-bond acceptors (Lipinski definition) is 5. The molecular weight excluding hydrogens is 385 g/mol. The molecule has 1 aromatic carbocycles. The minimum absolute atomic E-state index is 0.0941.